The zero-order valence-corrected chi connectivity index (χ0v) is 11.8. The zero-order chi connectivity index (χ0) is 14.0. The molecule has 19 heavy (non-hydrogen) atoms. The Morgan fingerprint density at radius 1 is 1.37 bits per heavy atom. The van der Waals surface area contributed by atoms with Crippen molar-refractivity contribution in [1.29, 1.82) is 0 Å². The highest BCUT2D eigenvalue weighted by Gasteiger charge is 2.24. The van der Waals surface area contributed by atoms with Crippen LogP contribution in [0.2, 0.25) is 5.02 Å². The minimum absolute atomic E-state index is 0.229. The summed E-state index contributed by atoms with van der Waals surface area (Å²) in [7, 11) is 0. The molecule has 102 valence electrons. The van der Waals surface area contributed by atoms with Crippen LogP contribution in [0.5, 0.6) is 0 Å². The molecular weight excluding hydrogens is 266 g/mol. The normalized spacial score (nSPS) is 13.5. The molecule has 6 heteroatoms. The number of pyridine rings is 1. The summed E-state index contributed by atoms with van der Waals surface area (Å²) in [5, 5.41) is 14.4. The first-order valence-electron chi connectivity index (χ1n) is 5.99. The molecule has 0 bridgehead atoms. The summed E-state index contributed by atoms with van der Waals surface area (Å²) >= 11 is 5.76. The van der Waals surface area contributed by atoms with Crippen molar-refractivity contribution in [2.45, 2.75) is 33.3 Å². The molecule has 1 unspecified atom stereocenters. The topological polar surface area (TPSA) is 72.0 Å². The van der Waals surface area contributed by atoms with Crippen LogP contribution >= 0.6 is 11.6 Å². The third-order valence-corrected chi connectivity index (χ3v) is 3.02. The Bertz CT molecular complexity index is 546. The van der Waals surface area contributed by atoms with Gasteiger partial charge in [0.05, 0.1) is 17.5 Å². The Hall–Kier alpha value is -1.46. The lowest BCUT2D eigenvalue weighted by Crippen LogP contribution is -2.28. The van der Waals surface area contributed by atoms with E-state index in [1.807, 2.05) is 20.8 Å². The van der Waals surface area contributed by atoms with E-state index in [4.69, 9.17) is 16.1 Å². The maximum absolute atomic E-state index is 9.99. The second kappa shape index (κ2) is 5.27. The van der Waals surface area contributed by atoms with Crippen LogP contribution in [0.1, 0.15) is 26.7 Å². The van der Waals surface area contributed by atoms with Crippen LogP contribution in [0, 0.1) is 5.41 Å². The molecular formula is C13H16ClN3O2. The Kier molecular flexibility index (Phi) is 3.87. The first-order chi connectivity index (χ1) is 8.86. The summed E-state index contributed by atoms with van der Waals surface area (Å²) in [6.45, 7) is 5.86. The summed E-state index contributed by atoms with van der Waals surface area (Å²) in [6.07, 6.45) is 1.31. The fraction of sp³-hybridized carbons (Fsp3) is 0.462. The van der Waals surface area contributed by atoms with Gasteiger partial charge < -0.3 is 9.63 Å². The lowest BCUT2D eigenvalue weighted by atomic mass is 9.87. The van der Waals surface area contributed by atoms with Gasteiger partial charge in [0.1, 0.15) is 5.69 Å². The van der Waals surface area contributed by atoms with Crippen LogP contribution < -0.4 is 0 Å². The molecule has 0 amide bonds. The van der Waals surface area contributed by atoms with Crippen molar-refractivity contribution < 1.29 is 9.63 Å². The van der Waals surface area contributed by atoms with Crippen molar-refractivity contribution in [2.24, 2.45) is 5.41 Å². The maximum atomic E-state index is 9.99. The predicted octanol–water partition coefficient (Wildman–Crippen LogP) is 2.73. The first-order valence-corrected chi connectivity index (χ1v) is 6.36. The monoisotopic (exact) mass is 281 g/mol. The SMILES string of the molecule is CC(C)(C)C(O)Cc1nc(-c2ccc(Cl)cn2)no1. The molecule has 0 aromatic carbocycles. The second-order valence-electron chi connectivity index (χ2n) is 5.46. The van der Waals surface area contributed by atoms with Gasteiger partial charge in [-0.25, -0.2) is 0 Å². The standard InChI is InChI=1S/C13H16ClN3O2/c1-13(2,3)10(18)6-11-16-12(17-19-11)9-5-4-8(14)7-15-9/h4-5,7,10,18H,6H2,1-3H3. The van der Waals surface area contributed by atoms with Crippen LogP contribution in [0.25, 0.3) is 11.5 Å². The fourth-order valence-corrected chi connectivity index (χ4v) is 1.53. The number of rotatable bonds is 3. The van der Waals surface area contributed by atoms with Gasteiger partial charge in [-0.05, 0) is 17.5 Å². The summed E-state index contributed by atoms with van der Waals surface area (Å²) < 4.78 is 5.12. The molecule has 1 atom stereocenters. The van der Waals surface area contributed by atoms with E-state index in [2.05, 4.69) is 15.1 Å². The van der Waals surface area contributed by atoms with E-state index < -0.39 is 6.10 Å². The number of nitrogens with zero attached hydrogens (tertiary/aromatic N) is 3. The second-order valence-corrected chi connectivity index (χ2v) is 5.90. The fourth-order valence-electron chi connectivity index (χ4n) is 1.42. The highest BCUT2D eigenvalue weighted by molar-refractivity contribution is 6.30. The summed E-state index contributed by atoms with van der Waals surface area (Å²) in [4.78, 5) is 8.33. The van der Waals surface area contributed by atoms with E-state index in [1.165, 1.54) is 6.20 Å². The van der Waals surface area contributed by atoms with Crippen LogP contribution in [0.3, 0.4) is 0 Å². The number of halogens is 1. The van der Waals surface area contributed by atoms with Crippen LogP contribution in [-0.4, -0.2) is 26.3 Å². The van der Waals surface area contributed by atoms with E-state index in [0.29, 0.717) is 28.9 Å². The van der Waals surface area contributed by atoms with Gasteiger partial charge in [-0.15, -0.1) is 0 Å². The molecule has 0 saturated heterocycles. The maximum Gasteiger partial charge on any atom is 0.229 e. The lowest BCUT2D eigenvalue weighted by molar-refractivity contribution is 0.0565. The van der Waals surface area contributed by atoms with Crippen molar-refractivity contribution in [3.63, 3.8) is 0 Å². The molecule has 2 heterocycles. The van der Waals surface area contributed by atoms with Crippen molar-refractivity contribution in [3.05, 3.63) is 29.2 Å². The molecule has 0 spiro atoms. The van der Waals surface area contributed by atoms with Crippen molar-refractivity contribution in [3.8, 4) is 11.5 Å². The van der Waals surface area contributed by atoms with Crippen molar-refractivity contribution >= 4 is 11.6 Å². The van der Waals surface area contributed by atoms with Crippen molar-refractivity contribution in [2.75, 3.05) is 0 Å². The highest BCUT2D eigenvalue weighted by Crippen LogP contribution is 2.23. The number of hydrogen-bond donors (Lipinski definition) is 1. The van der Waals surface area contributed by atoms with Gasteiger partial charge in [0.2, 0.25) is 11.7 Å². The number of aromatic nitrogens is 3. The third kappa shape index (κ3) is 3.52. The molecule has 2 aromatic rings. The molecule has 0 aliphatic rings. The third-order valence-electron chi connectivity index (χ3n) is 2.79. The Balaban J connectivity index is 2.13. The number of aliphatic hydroxyl groups excluding tert-OH is 1. The molecule has 0 aliphatic carbocycles. The smallest absolute Gasteiger partial charge is 0.229 e. The van der Waals surface area contributed by atoms with Gasteiger partial charge in [0.15, 0.2) is 0 Å². The highest BCUT2D eigenvalue weighted by atomic mass is 35.5. The zero-order valence-electron chi connectivity index (χ0n) is 11.1. The minimum Gasteiger partial charge on any atom is -0.392 e. The van der Waals surface area contributed by atoms with E-state index >= 15 is 0 Å². The molecule has 2 aromatic heterocycles. The van der Waals surface area contributed by atoms with Gasteiger partial charge in [0, 0.05) is 6.20 Å². The van der Waals surface area contributed by atoms with Gasteiger partial charge in [0.25, 0.3) is 0 Å². The Morgan fingerprint density at radius 3 is 2.68 bits per heavy atom. The van der Waals surface area contributed by atoms with Gasteiger partial charge in [-0.3, -0.25) is 4.98 Å². The van der Waals surface area contributed by atoms with Crippen LogP contribution in [0.15, 0.2) is 22.9 Å². The average molecular weight is 282 g/mol. The largest absolute Gasteiger partial charge is 0.392 e. The molecule has 1 N–H and O–H groups in total. The summed E-state index contributed by atoms with van der Waals surface area (Å²) in [5.41, 5.74) is 0.359. The Morgan fingerprint density at radius 2 is 2.11 bits per heavy atom. The molecule has 5 nitrogen and oxygen atoms in total. The molecule has 0 aliphatic heterocycles. The molecule has 0 saturated carbocycles. The first kappa shape index (κ1) is 14.0. The van der Waals surface area contributed by atoms with E-state index in [1.54, 1.807) is 12.1 Å². The van der Waals surface area contributed by atoms with Crippen molar-refractivity contribution in [1.82, 2.24) is 15.1 Å². The quantitative estimate of drug-likeness (QED) is 0.936. The van der Waals surface area contributed by atoms with Gasteiger partial charge in [-0.1, -0.05) is 37.5 Å². The number of aliphatic hydroxyl groups is 1. The Labute approximate surface area is 116 Å². The van der Waals surface area contributed by atoms with E-state index in [9.17, 15) is 5.11 Å². The molecule has 0 radical (unpaired) electrons. The van der Waals surface area contributed by atoms with Gasteiger partial charge in [-0.2, -0.15) is 4.98 Å². The average Bonchev–Trinajstić information content (AvgIpc) is 2.77. The summed E-state index contributed by atoms with van der Waals surface area (Å²) in [5.74, 6) is 0.793. The predicted molar refractivity (Wildman–Crippen MR) is 71.7 cm³/mol. The minimum atomic E-state index is -0.543. The van der Waals surface area contributed by atoms with E-state index in [0.717, 1.165) is 0 Å². The van der Waals surface area contributed by atoms with Crippen LogP contribution in [0.4, 0.5) is 0 Å². The van der Waals surface area contributed by atoms with Crippen LogP contribution in [-0.2, 0) is 6.42 Å². The van der Waals surface area contributed by atoms with E-state index in [-0.39, 0.29) is 5.41 Å². The molecule has 0 fully saturated rings. The van der Waals surface area contributed by atoms with Gasteiger partial charge >= 0.3 is 0 Å². The number of hydrogen-bond acceptors (Lipinski definition) is 5. The lowest BCUT2D eigenvalue weighted by Gasteiger charge is -2.24. The summed E-state index contributed by atoms with van der Waals surface area (Å²) in [6, 6.07) is 3.43. The molecule has 2 rings (SSSR count).